The van der Waals surface area contributed by atoms with Crippen LogP contribution in [0.2, 0.25) is 0 Å². The fraction of sp³-hybridized carbons (Fsp3) is 0.375. The minimum absolute atomic E-state index is 0.00792. The van der Waals surface area contributed by atoms with E-state index in [1.807, 2.05) is 44.2 Å². The summed E-state index contributed by atoms with van der Waals surface area (Å²) in [5, 5.41) is 14.6. The van der Waals surface area contributed by atoms with E-state index in [2.05, 4.69) is 10.6 Å². The van der Waals surface area contributed by atoms with Crippen molar-refractivity contribution in [3.05, 3.63) is 41.6 Å². The van der Waals surface area contributed by atoms with Crippen molar-refractivity contribution in [1.29, 1.82) is 5.26 Å². The fourth-order valence-electron chi connectivity index (χ4n) is 1.67. The first-order valence-corrected chi connectivity index (χ1v) is 6.84. The molecule has 0 aliphatic rings. The van der Waals surface area contributed by atoms with Crippen molar-refractivity contribution in [1.82, 2.24) is 10.6 Å². The highest BCUT2D eigenvalue weighted by atomic mass is 16.5. The van der Waals surface area contributed by atoms with Crippen LogP contribution >= 0.6 is 0 Å². The van der Waals surface area contributed by atoms with Crippen molar-refractivity contribution in [2.75, 3.05) is 13.7 Å². The second-order valence-electron chi connectivity index (χ2n) is 4.85. The zero-order valence-corrected chi connectivity index (χ0v) is 12.6. The molecule has 0 spiro atoms. The molecule has 0 unspecified atom stereocenters. The van der Waals surface area contributed by atoms with Gasteiger partial charge in [-0.2, -0.15) is 5.26 Å². The third kappa shape index (κ3) is 6.00. The molecule has 1 rings (SSSR count). The lowest BCUT2D eigenvalue weighted by molar-refractivity contribution is -0.117. The van der Waals surface area contributed by atoms with Crippen molar-refractivity contribution < 1.29 is 9.53 Å². The van der Waals surface area contributed by atoms with Gasteiger partial charge in [-0.3, -0.25) is 4.79 Å². The average Bonchev–Trinajstić information content (AvgIpc) is 2.47. The summed E-state index contributed by atoms with van der Waals surface area (Å²) >= 11 is 0. The molecule has 0 radical (unpaired) electrons. The molecule has 0 aromatic heterocycles. The van der Waals surface area contributed by atoms with Crippen LogP contribution in [0.5, 0.6) is 5.75 Å². The summed E-state index contributed by atoms with van der Waals surface area (Å²) in [4.78, 5) is 11.7. The second-order valence-corrected chi connectivity index (χ2v) is 4.85. The number of carbonyl (C=O) groups excluding carboxylic acids is 1. The molecular formula is C16H21N3O2. The number of nitrogens with zero attached hydrogens (tertiary/aromatic N) is 1. The number of benzene rings is 1. The molecular weight excluding hydrogens is 266 g/mol. The van der Waals surface area contributed by atoms with Gasteiger partial charge in [-0.1, -0.05) is 12.1 Å². The van der Waals surface area contributed by atoms with Crippen LogP contribution < -0.4 is 15.4 Å². The number of rotatable bonds is 7. The van der Waals surface area contributed by atoms with Gasteiger partial charge in [0.2, 0.25) is 0 Å². The highest BCUT2D eigenvalue weighted by Crippen LogP contribution is 2.11. The summed E-state index contributed by atoms with van der Waals surface area (Å²) in [6.45, 7) is 4.35. The van der Waals surface area contributed by atoms with Crippen molar-refractivity contribution in [2.45, 2.75) is 26.3 Å². The molecule has 2 N–H and O–H groups in total. The maximum absolute atomic E-state index is 11.7. The quantitative estimate of drug-likeness (QED) is 0.455. The highest BCUT2D eigenvalue weighted by Gasteiger charge is 2.09. The van der Waals surface area contributed by atoms with Gasteiger partial charge in [-0.25, -0.2) is 0 Å². The van der Waals surface area contributed by atoms with Crippen LogP contribution in [0.15, 0.2) is 36.0 Å². The molecule has 0 bridgehead atoms. The zero-order chi connectivity index (χ0) is 15.7. The lowest BCUT2D eigenvalue weighted by Crippen LogP contribution is -2.31. The number of nitriles is 1. The first-order chi connectivity index (χ1) is 10.1. The Kier molecular flexibility index (Phi) is 6.82. The maximum Gasteiger partial charge on any atom is 0.263 e. The summed E-state index contributed by atoms with van der Waals surface area (Å²) in [6, 6.07) is 9.68. The van der Waals surface area contributed by atoms with Gasteiger partial charge in [0.05, 0.1) is 7.11 Å². The number of ether oxygens (including phenoxy) is 1. The maximum atomic E-state index is 11.7. The third-order valence-corrected chi connectivity index (χ3v) is 2.75. The fourth-order valence-corrected chi connectivity index (χ4v) is 1.67. The zero-order valence-electron chi connectivity index (χ0n) is 12.6. The predicted molar refractivity (Wildman–Crippen MR) is 81.7 cm³/mol. The monoisotopic (exact) mass is 287 g/mol. The molecule has 0 fully saturated rings. The van der Waals surface area contributed by atoms with E-state index in [-0.39, 0.29) is 17.5 Å². The molecule has 1 aromatic carbocycles. The topological polar surface area (TPSA) is 74.1 Å². The van der Waals surface area contributed by atoms with Crippen molar-refractivity contribution in [3.63, 3.8) is 0 Å². The van der Waals surface area contributed by atoms with E-state index in [0.29, 0.717) is 6.54 Å². The second kappa shape index (κ2) is 8.64. The molecule has 0 aliphatic heterocycles. The number of hydrogen-bond acceptors (Lipinski definition) is 4. The van der Waals surface area contributed by atoms with E-state index >= 15 is 0 Å². The molecule has 21 heavy (non-hydrogen) atoms. The standard InChI is InChI=1S/C16H21N3O2/c1-12(2)19-16(20)14(10-17)11-18-9-8-13-4-6-15(21-3)7-5-13/h4-7,11-12,18H,8-9H2,1-3H3,(H,19,20)/b14-11-. The molecule has 1 aromatic rings. The first-order valence-electron chi connectivity index (χ1n) is 6.84. The van der Waals surface area contributed by atoms with E-state index in [0.717, 1.165) is 17.7 Å². The molecule has 1 amide bonds. The van der Waals surface area contributed by atoms with Gasteiger partial charge in [0.1, 0.15) is 17.4 Å². The van der Waals surface area contributed by atoms with Crippen molar-refractivity contribution in [2.24, 2.45) is 0 Å². The minimum Gasteiger partial charge on any atom is -0.497 e. The first kappa shape index (κ1) is 16.6. The number of amides is 1. The van der Waals surface area contributed by atoms with Gasteiger partial charge in [-0.15, -0.1) is 0 Å². The molecule has 0 saturated carbocycles. The van der Waals surface area contributed by atoms with Crippen LogP contribution in [0.3, 0.4) is 0 Å². The predicted octanol–water partition coefficient (Wildman–Crippen LogP) is 1.76. The largest absolute Gasteiger partial charge is 0.497 e. The molecule has 0 aliphatic carbocycles. The number of hydrogen-bond donors (Lipinski definition) is 2. The summed E-state index contributed by atoms with van der Waals surface area (Å²) < 4.78 is 5.09. The Hall–Kier alpha value is -2.48. The normalized spacial score (nSPS) is 10.9. The smallest absolute Gasteiger partial charge is 0.263 e. The highest BCUT2D eigenvalue weighted by molar-refractivity contribution is 5.97. The van der Waals surface area contributed by atoms with E-state index < -0.39 is 0 Å². The molecule has 0 heterocycles. The Morgan fingerprint density at radius 2 is 2.05 bits per heavy atom. The van der Waals surface area contributed by atoms with Crippen LogP contribution in [0.25, 0.3) is 0 Å². The van der Waals surface area contributed by atoms with Crippen molar-refractivity contribution >= 4 is 5.91 Å². The molecule has 5 heteroatoms. The van der Waals surface area contributed by atoms with Gasteiger partial charge in [-0.05, 0) is 38.0 Å². The Balaban J connectivity index is 2.44. The van der Waals surface area contributed by atoms with Gasteiger partial charge < -0.3 is 15.4 Å². The van der Waals surface area contributed by atoms with Crippen LogP contribution in [0, 0.1) is 11.3 Å². The van der Waals surface area contributed by atoms with Gasteiger partial charge in [0.25, 0.3) is 5.91 Å². The van der Waals surface area contributed by atoms with E-state index in [1.54, 1.807) is 7.11 Å². The molecule has 0 atom stereocenters. The minimum atomic E-state index is -0.357. The lowest BCUT2D eigenvalue weighted by atomic mass is 10.1. The lowest BCUT2D eigenvalue weighted by Gasteiger charge is -2.07. The van der Waals surface area contributed by atoms with Crippen LogP contribution in [-0.2, 0) is 11.2 Å². The van der Waals surface area contributed by atoms with Crippen LogP contribution in [0.4, 0.5) is 0 Å². The van der Waals surface area contributed by atoms with Gasteiger partial charge >= 0.3 is 0 Å². The Labute approximate surface area is 125 Å². The number of carbonyl (C=O) groups is 1. The van der Waals surface area contributed by atoms with Crippen LogP contribution in [-0.4, -0.2) is 25.6 Å². The molecule has 112 valence electrons. The Bertz CT molecular complexity index is 527. The van der Waals surface area contributed by atoms with Crippen molar-refractivity contribution in [3.8, 4) is 11.8 Å². The van der Waals surface area contributed by atoms with E-state index in [1.165, 1.54) is 6.20 Å². The summed E-state index contributed by atoms with van der Waals surface area (Å²) in [5.41, 5.74) is 1.24. The van der Waals surface area contributed by atoms with E-state index in [9.17, 15) is 4.79 Å². The molecule has 0 saturated heterocycles. The van der Waals surface area contributed by atoms with Crippen LogP contribution in [0.1, 0.15) is 19.4 Å². The third-order valence-electron chi connectivity index (χ3n) is 2.75. The average molecular weight is 287 g/mol. The Morgan fingerprint density at radius 3 is 2.57 bits per heavy atom. The van der Waals surface area contributed by atoms with Gasteiger partial charge in [0, 0.05) is 18.8 Å². The number of nitrogens with one attached hydrogen (secondary N) is 2. The SMILES string of the molecule is COc1ccc(CCN/C=C(/C#N)C(=O)NC(C)C)cc1. The van der Waals surface area contributed by atoms with Gasteiger partial charge in [0.15, 0.2) is 0 Å². The summed E-state index contributed by atoms with van der Waals surface area (Å²) in [5.74, 6) is 0.466. The summed E-state index contributed by atoms with van der Waals surface area (Å²) in [7, 11) is 1.63. The Morgan fingerprint density at radius 1 is 1.38 bits per heavy atom. The van der Waals surface area contributed by atoms with E-state index in [4.69, 9.17) is 10.00 Å². The molecule has 5 nitrogen and oxygen atoms in total. The summed E-state index contributed by atoms with van der Waals surface area (Å²) in [6.07, 6.45) is 2.26. The number of methoxy groups -OCH3 is 1.